The van der Waals surface area contributed by atoms with E-state index in [1.165, 1.54) is 30.5 Å². The van der Waals surface area contributed by atoms with Crippen molar-refractivity contribution in [2.24, 2.45) is 0 Å². The van der Waals surface area contributed by atoms with Crippen LogP contribution in [0.4, 0.5) is 23.2 Å². The number of aliphatic hydroxyl groups is 1. The van der Waals surface area contributed by atoms with Crippen LogP contribution in [-0.2, 0) is 12.0 Å². The lowest BCUT2D eigenvalue weighted by Crippen LogP contribution is -2.49. The molecule has 0 radical (unpaired) electrons. The molecule has 0 saturated carbocycles. The van der Waals surface area contributed by atoms with Crippen LogP contribution >= 0.6 is 0 Å². The summed E-state index contributed by atoms with van der Waals surface area (Å²) in [5.41, 5.74) is -3.06. The van der Waals surface area contributed by atoms with Crippen molar-refractivity contribution in [3.05, 3.63) is 77.4 Å². The molecule has 0 bridgehead atoms. The predicted octanol–water partition coefficient (Wildman–Crippen LogP) is 4.94. The normalized spacial score (nSPS) is 18.1. The number of aryl methyl sites for hydroxylation is 2. The molecule has 1 N–H and O–H groups in total. The Balaban J connectivity index is 1.75. The first-order valence-electron chi connectivity index (χ1n) is 11.9. The minimum Gasteiger partial charge on any atom is -0.497 e. The number of fused-ring (bicyclic) bond motifs is 1. The molecular weight excluding hydrogens is 506 g/mol. The lowest BCUT2D eigenvalue weighted by Gasteiger charge is -2.33. The third kappa shape index (κ3) is 5.28. The van der Waals surface area contributed by atoms with Crippen molar-refractivity contribution < 1.29 is 36.9 Å². The summed E-state index contributed by atoms with van der Waals surface area (Å²) in [5.74, 6) is 0.525. The van der Waals surface area contributed by atoms with Gasteiger partial charge in [0.05, 0.1) is 25.5 Å². The van der Waals surface area contributed by atoms with E-state index in [1.807, 2.05) is 0 Å². The minimum atomic E-state index is -5.26. The molecule has 0 fully saturated rings. The number of hydrogen-bond acceptors (Lipinski definition) is 6. The zero-order valence-electron chi connectivity index (χ0n) is 21.0. The van der Waals surface area contributed by atoms with Crippen LogP contribution in [0, 0.1) is 6.92 Å². The second-order valence-corrected chi connectivity index (χ2v) is 9.14. The van der Waals surface area contributed by atoms with Crippen LogP contribution in [-0.4, -0.2) is 53.1 Å². The molecule has 7 nitrogen and oxygen atoms in total. The molecule has 1 amide bonds. The van der Waals surface area contributed by atoms with Crippen LogP contribution in [0.2, 0.25) is 0 Å². The SMILES string of the molecule is COc1cccc(O[C@H]2CCc3cc(C(O)(C(C)F)C(F)(F)F)ccc3N(C(=O)c3cnc(C)cn3)C2)c1. The summed E-state index contributed by atoms with van der Waals surface area (Å²) in [5, 5.41) is 10.4. The molecule has 1 aliphatic heterocycles. The highest BCUT2D eigenvalue weighted by molar-refractivity contribution is 6.05. The van der Waals surface area contributed by atoms with Gasteiger partial charge in [-0.1, -0.05) is 18.2 Å². The standard InChI is InChI=1S/C27H27F4N3O4/c1-16-13-33-23(14-32-16)25(35)34-15-22(38-21-6-4-5-20(12-21)37-3)9-7-18-11-19(8-10-24(18)34)26(36,17(2)28)27(29,30)31/h4-6,8,10-14,17,22,36H,7,9,15H2,1-3H3/t17?,22-,26?/m0/s1. The van der Waals surface area contributed by atoms with Gasteiger partial charge in [-0.2, -0.15) is 13.2 Å². The van der Waals surface area contributed by atoms with Crippen molar-refractivity contribution >= 4 is 11.6 Å². The molecule has 38 heavy (non-hydrogen) atoms. The number of benzene rings is 2. The first-order valence-corrected chi connectivity index (χ1v) is 11.9. The summed E-state index contributed by atoms with van der Waals surface area (Å²) in [4.78, 5) is 23.2. The number of hydrogen-bond donors (Lipinski definition) is 1. The van der Waals surface area contributed by atoms with E-state index in [1.54, 1.807) is 31.2 Å². The van der Waals surface area contributed by atoms with Crippen LogP contribution in [0.5, 0.6) is 11.5 Å². The van der Waals surface area contributed by atoms with E-state index in [-0.39, 0.29) is 18.7 Å². The number of carbonyl (C=O) groups excluding carboxylic acids is 1. The summed E-state index contributed by atoms with van der Waals surface area (Å²) < 4.78 is 66.9. The maximum absolute atomic E-state index is 14.2. The lowest BCUT2D eigenvalue weighted by molar-refractivity contribution is -0.285. The van der Waals surface area contributed by atoms with Gasteiger partial charge in [0.2, 0.25) is 5.60 Å². The molecule has 0 spiro atoms. The number of nitrogens with zero attached hydrogens (tertiary/aromatic N) is 3. The van der Waals surface area contributed by atoms with Gasteiger partial charge in [-0.25, -0.2) is 9.37 Å². The zero-order chi connectivity index (χ0) is 27.7. The summed E-state index contributed by atoms with van der Waals surface area (Å²) in [7, 11) is 1.52. The second-order valence-electron chi connectivity index (χ2n) is 9.14. The third-order valence-electron chi connectivity index (χ3n) is 6.53. The number of methoxy groups -OCH3 is 1. The van der Waals surface area contributed by atoms with Gasteiger partial charge in [0.15, 0.2) is 0 Å². The van der Waals surface area contributed by atoms with E-state index < -0.39 is 35.5 Å². The fraction of sp³-hybridized carbons (Fsp3) is 0.370. The van der Waals surface area contributed by atoms with Crippen molar-refractivity contribution in [1.82, 2.24) is 9.97 Å². The molecule has 0 saturated heterocycles. The van der Waals surface area contributed by atoms with Gasteiger partial charge >= 0.3 is 6.18 Å². The Morgan fingerprint density at radius 3 is 2.50 bits per heavy atom. The highest BCUT2D eigenvalue weighted by Gasteiger charge is 2.59. The molecule has 0 aliphatic carbocycles. The Labute approximate surface area is 217 Å². The number of amides is 1. The monoisotopic (exact) mass is 533 g/mol. The maximum atomic E-state index is 14.2. The first kappa shape index (κ1) is 27.3. The fourth-order valence-corrected chi connectivity index (χ4v) is 4.41. The van der Waals surface area contributed by atoms with Gasteiger partial charge in [-0.3, -0.25) is 9.78 Å². The van der Waals surface area contributed by atoms with E-state index in [0.717, 1.165) is 12.1 Å². The third-order valence-corrected chi connectivity index (χ3v) is 6.53. The Kier molecular flexibility index (Phi) is 7.59. The average Bonchev–Trinajstić information content (AvgIpc) is 3.06. The average molecular weight is 534 g/mol. The number of carbonyl (C=O) groups is 1. The summed E-state index contributed by atoms with van der Waals surface area (Å²) in [6.07, 6.45) is -5.15. The zero-order valence-corrected chi connectivity index (χ0v) is 21.0. The van der Waals surface area contributed by atoms with Crippen LogP contribution in [0.1, 0.15) is 40.7 Å². The second kappa shape index (κ2) is 10.6. The Morgan fingerprint density at radius 2 is 1.87 bits per heavy atom. The number of anilines is 1. The van der Waals surface area contributed by atoms with E-state index in [9.17, 15) is 27.5 Å². The first-order chi connectivity index (χ1) is 17.9. The van der Waals surface area contributed by atoms with Crippen molar-refractivity contribution in [3.8, 4) is 11.5 Å². The number of alkyl halides is 4. The quantitative estimate of drug-likeness (QED) is 0.452. The molecule has 1 aliphatic rings. The van der Waals surface area contributed by atoms with Gasteiger partial charge in [-0.15, -0.1) is 0 Å². The molecule has 2 aromatic carbocycles. The molecular formula is C27H27F4N3O4. The van der Waals surface area contributed by atoms with Crippen LogP contribution in [0.15, 0.2) is 54.9 Å². The lowest BCUT2D eigenvalue weighted by atomic mass is 9.87. The summed E-state index contributed by atoms with van der Waals surface area (Å²) in [6, 6.07) is 10.3. The van der Waals surface area contributed by atoms with Gasteiger partial charge in [-0.05, 0) is 56.0 Å². The van der Waals surface area contributed by atoms with Crippen molar-refractivity contribution in [1.29, 1.82) is 0 Å². The number of ether oxygens (including phenoxy) is 2. The fourth-order valence-electron chi connectivity index (χ4n) is 4.41. The highest BCUT2D eigenvalue weighted by Crippen LogP contribution is 2.44. The van der Waals surface area contributed by atoms with Crippen LogP contribution in [0.3, 0.4) is 0 Å². The van der Waals surface area contributed by atoms with Crippen LogP contribution < -0.4 is 14.4 Å². The highest BCUT2D eigenvalue weighted by atomic mass is 19.4. The topological polar surface area (TPSA) is 84.8 Å². The Hall–Kier alpha value is -3.73. The Morgan fingerprint density at radius 1 is 1.13 bits per heavy atom. The van der Waals surface area contributed by atoms with Gasteiger partial charge in [0.25, 0.3) is 5.91 Å². The van der Waals surface area contributed by atoms with E-state index in [0.29, 0.717) is 41.8 Å². The van der Waals surface area contributed by atoms with Crippen LogP contribution in [0.25, 0.3) is 0 Å². The molecule has 202 valence electrons. The van der Waals surface area contributed by atoms with E-state index in [2.05, 4.69) is 9.97 Å². The number of aromatic nitrogens is 2. The minimum absolute atomic E-state index is 0.0387. The van der Waals surface area contributed by atoms with E-state index >= 15 is 0 Å². The largest absolute Gasteiger partial charge is 0.497 e. The van der Waals surface area contributed by atoms with Gasteiger partial charge < -0.3 is 19.5 Å². The Bertz CT molecular complexity index is 1300. The summed E-state index contributed by atoms with van der Waals surface area (Å²) >= 11 is 0. The van der Waals surface area contributed by atoms with E-state index in [4.69, 9.17) is 9.47 Å². The smallest absolute Gasteiger partial charge is 0.424 e. The number of halogens is 4. The predicted molar refractivity (Wildman–Crippen MR) is 131 cm³/mol. The van der Waals surface area contributed by atoms with Crippen molar-refractivity contribution in [3.63, 3.8) is 0 Å². The molecule has 3 atom stereocenters. The molecule has 2 unspecified atom stereocenters. The molecule has 11 heteroatoms. The van der Waals surface area contributed by atoms with Gasteiger partial charge in [0, 0.05) is 18.0 Å². The maximum Gasteiger partial charge on any atom is 0.424 e. The summed E-state index contributed by atoms with van der Waals surface area (Å²) in [6.45, 7) is 2.43. The molecule has 4 rings (SSSR count). The molecule has 1 aromatic heterocycles. The van der Waals surface area contributed by atoms with Gasteiger partial charge in [0.1, 0.15) is 29.5 Å². The molecule has 2 heterocycles. The number of rotatable bonds is 6. The van der Waals surface area contributed by atoms with Crippen molar-refractivity contribution in [2.45, 2.75) is 50.7 Å². The van der Waals surface area contributed by atoms with Crippen molar-refractivity contribution in [2.75, 3.05) is 18.6 Å². The molecule has 3 aromatic rings.